The fraction of sp³-hybridized carbons (Fsp3) is 0.250. The Morgan fingerprint density at radius 3 is 1.27 bits per heavy atom. The van der Waals surface area contributed by atoms with Gasteiger partial charge < -0.3 is 34.4 Å². The lowest BCUT2D eigenvalue weighted by atomic mass is 9.95. The van der Waals surface area contributed by atoms with Gasteiger partial charge in [0.15, 0.2) is 0 Å². The van der Waals surface area contributed by atoms with Gasteiger partial charge in [0.2, 0.25) is 0 Å². The predicted octanol–water partition coefficient (Wildman–Crippen LogP) is 0.455. The van der Waals surface area contributed by atoms with Crippen LogP contribution in [0.5, 0.6) is 0 Å². The van der Waals surface area contributed by atoms with Crippen LogP contribution < -0.4 is 34.4 Å². The summed E-state index contributed by atoms with van der Waals surface area (Å²) in [5, 5.41) is 0. The SMILES string of the molecule is Nc1ccc(CC(N)C(N)Cc2ccc(N)c(N)c2)cc1N. The maximum Gasteiger partial charge on any atom is 0.0550 e. The maximum atomic E-state index is 6.20. The Morgan fingerprint density at radius 1 is 0.591 bits per heavy atom. The number of benzene rings is 2. The summed E-state index contributed by atoms with van der Waals surface area (Å²) in [6.45, 7) is 0. The summed E-state index contributed by atoms with van der Waals surface area (Å²) >= 11 is 0. The van der Waals surface area contributed by atoms with Crippen LogP contribution >= 0.6 is 0 Å². The highest BCUT2D eigenvalue weighted by molar-refractivity contribution is 5.64. The average Bonchev–Trinajstić information content (AvgIpc) is 2.46. The van der Waals surface area contributed by atoms with Gasteiger partial charge in [-0.25, -0.2) is 0 Å². The molecule has 6 nitrogen and oxygen atoms in total. The summed E-state index contributed by atoms with van der Waals surface area (Å²) in [4.78, 5) is 0. The van der Waals surface area contributed by atoms with E-state index in [0.717, 1.165) is 11.1 Å². The Kier molecular flexibility index (Phi) is 4.75. The largest absolute Gasteiger partial charge is 0.397 e. The Labute approximate surface area is 130 Å². The summed E-state index contributed by atoms with van der Waals surface area (Å²) in [7, 11) is 0. The fourth-order valence-electron chi connectivity index (χ4n) is 2.35. The topological polar surface area (TPSA) is 156 Å². The minimum atomic E-state index is -0.193. The van der Waals surface area contributed by atoms with Crippen molar-refractivity contribution in [3.05, 3.63) is 47.5 Å². The van der Waals surface area contributed by atoms with E-state index in [1.54, 1.807) is 12.1 Å². The lowest BCUT2D eigenvalue weighted by Gasteiger charge is -2.20. The van der Waals surface area contributed by atoms with Crippen LogP contribution in [0.2, 0.25) is 0 Å². The third-order valence-electron chi connectivity index (χ3n) is 3.80. The van der Waals surface area contributed by atoms with Crippen molar-refractivity contribution in [1.82, 2.24) is 0 Å². The van der Waals surface area contributed by atoms with E-state index in [0.29, 0.717) is 35.6 Å². The van der Waals surface area contributed by atoms with Gasteiger partial charge in [0.05, 0.1) is 22.7 Å². The monoisotopic (exact) mass is 300 g/mol. The van der Waals surface area contributed by atoms with Gasteiger partial charge in [-0.05, 0) is 48.2 Å². The van der Waals surface area contributed by atoms with Crippen molar-refractivity contribution in [2.45, 2.75) is 24.9 Å². The zero-order valence-corrected chi connectivity index (χ0v) is 12.5. The average molecular weight is 300 g/mol. The van der Waals surface area contributed by atoms with Crippen molar-refractivity contribution < 1.29 is 0 Å². The first-order valence-corrected chi connectivity index (χ1v) is 7.15. The number of hydrogen-bond donors (Lipinski definition) is 6. The minimum absolute atomic E-state index is 0.193. The highest BCUT2D eigenvalue weighted by Crippen LogP contribution is 2.19. The van der Waals surface area contributed by atoms with Crippen LogP contribution in [0, 0.1) is 0 Å². The first-order valence-electron chi connectivity index (χ1n) is 7.15. The summed E-state index contributed by atoms with van der Waals surface area (Å²) in [5.41, 5.74) is 39.7. The lowest BCUT2D eigenvalue weighted by Crippen LogP contribution is -2.44. The van der Waals surface area contributed by atoms with Crippen molar-refractivity contribution in [1.29, 1.82) is 0 Å². The molecule has 0 aromatic heterocycles. The second kappa shape index (κ2) is 6.55. The fourth-order valence-corrected chi connectivity index (χ4v) is 2.35. The zero-order valence-electron chi connectivity index (χ0n) is 12.5. The molecule has 0 aliphatic heterocycles. The van der Waals surface area contributed by atoms with Crippen LogP contribution in [0.15, 0.2) is 36.4 Å². The van der Waals surface area contributed by atoms with Gasteiger partial charge in [-0.2, -0.15) is 0 Å². The summed E-state index contributed by atoms with van der Waals surface area (Å²) < 4.78 is 0. The van der Waals surface area contributed by atoms with Crippen molar-refractivity contribution >= 4 is 22.7 Å². The molecule has 0 aliphatic rings. The Balaban J connectivity index is 2.00. The normalized spacial score (nSPS) is 13.7. The third-order valence-corrected chi connectivity index (χ3v) is 3.80. The lowest BCUT2D eigenvalue weighted by molar-refractivity contribution is 0.520. The molecular formula is C16H24N6. The van der Waals surface area contributed by atoms with Crippen LogP contribution in [0.1, 0.15) is 11.1 Å². The molecular weight excluding hydrogens is 276 g/mol. The first-order chi connectivity index (χ1) is 10.4. The van der Waals surface area contributed by atoms with E-state index in [1.165, 1.54) is 0 Å². The number of rotatable bonds is 5. The number of anilines is 4. The molecule has 0 bridgehead atoms. The van der Waals surface area contributed by atoms with Crippen molar-refractivity contribution in [3.63, 3.8) is 0 Å². The van der Waals surface area contributed by atoms with Crippen molar-refractivity contribution in [2.24, 2.45) is 11.5 Å². The van der Waals surface area contributed by atoms with Gasteiger partial charge in [-0.15, -0.1) is 0 Å². The second-order valence-electron chi connectivity index (χ2n) is 5.66. The van der Waals surface area contributed by atoms with E-state index in [1.807, 2.05) is 24.3 Å². The Bertz CT molecular complexity index is 598. The summed E-state index contributed by atoms with van der Waals surface area (Å²) in [6, 6.07) is 10.7. The predicted molar refractivity (Wildman–Crippen MR) is 93.9 cm³/mol. The highest BCUT2D eigenvalue weighted by Gasteiger charge is 2.15. The van der Waals surface area contributed by atoms with Crippen LogP contribution in [0.3, 0.4) is 0 Å². The van der Waals surface area contributed by atoms with Crippen molar-refractivity contribution in [3.8, 4) is 0 Å². The van der Waals surface area contributed by atoms with Gasteiger partial charge in [-0.3, -0.25) is 0 Å². The van der Waals surface area contributed by atoms with Gasteiger partial charge >= 0.3 is 0 Å². The maximum absolute atomic E-state index is 6.20. The quantitative estimate of drug-likeness (QED) is 0.440. The Morgan fingerprint density at radius 2 is 0.955 bits per heavy atom. The molecule has 2 atom stereocenters. The number of hydrogen-bond acceptors (Lipinski definition) is 6. The molecule has 2 aromatic rings. The minimum Gasteiger partial charge on any atom is -0.397 e. The smallest absolute Gasteiger partial charge is 0.0550 e. The van der Waals surface area contributed by atoms with Crippen LogP contribution in [0.25, 0.3) is 0 Å². The molecule has 0 saturated carbocycles. The molecule has 12 N–H and O–H groups in total. The van der Waals surface area contributed by atoms with Crippen LogP contribution in [-0.4, -0.2) is 12.1 Å². The molecule has 22 heavy (non-hydrogen) atoms. The van der Waals surface area contributed by atoms with Crippen LogP contribution in [-0.2, 0) is 12.8 Å². The van der Waals surface area contributed by atoms with E-state index >= 15 is 0 Å². The van der Waals surface area contributed by atoms with Gasteiger partial charge in [0.25, 0.3) is 0 Å². The first kappa shape index (κ1) is 15.9. The van der Waals surface area contributed by atoms with Crippen molar-refractivity contribution in [2.75, 3.05) is 22.9 Å². The molecule has 0 saturated heterocycles. The van der Waals surface area contributed by atoms with Gasteiger partial charge in [0, 0.05) is 12.1 Å². The highest BCUT2D eigenvalue weighted by atomic mass is 14.8. The third kappa shape index (κ3) is 3.81. The molecule has 0 fully saturated rings. The molecule has 0 radical (unpaired) electrons. The van der Waals surface area contributed by atoms with Gasteiger partial charge in [0.1, 0.15) is 0 Å². The second-order valence-corrected chi connectivity index (χ2v) is 5.66. The standard InChI is InChI=1S/C16H24N6/c17-11-3-1-9(5-13(11)19)7-15(21)16(22)8-10-2-4-12(18)14(20)6-10/h1-6,15-16H,7-8,17-22H2. The number of nitrogens with two attached hydrogens (primary N) is 6. The van der Waals surface area contributed by atoms with Crippen LogP contribution in [0.4, 0.5) is 22.7 Å². The van der Waals surface area contributed by atoms with E-state index in [4.69, 9.17) is 34.4 Å². The van der Waals surface area contributed by atoms with Gasteiger partial charge in [-0.1, -0.05) is 12.1 Å². The molecule has 2 rings (SSSR count). The van der Waals surface area contributed by atoms with E-state index in [-0.39, 0.29) is 12.1 Å². The van der Waals surface area contributed by atoms with E-state index in [9.17, 15) is 0 Å². The summed E-state index contributed by atoms with van der Waals surface area (Å²) in [6.07, 6.45) is 1.27. The van der Waals surface area contributed by atoms with E-state index in [2.05, 4.69) is 0 Å². The molecule has 2 unspecified atom stereocenters. The number of nitrogen functional groups attached to an aromatic ring is 4. The van der Waals surface area contributed by atoms with E-state index < -0.39 is 0 Å². The zero-order chi connectivity index (χ0) is 16.3. The molecule has 0 aliphatic carbocycles. The molecule has 0 amide bonds. The molecule has 6 heteroatoms. The summed E-state index contributed by atoms with van der Waals surface area (Å²) in [5.74, 6) is 0. The molecule has 0 heterocycles. The Hall–Kier alpha value is -2.44. The molecule has 2 aromatic carbocycles. The molecule has 118 valence electrons. The molecule has 0 spiro atoms.